The number of pyridine rings is 1. The number of nitrogens with zero attached hydrogens (tertiary/aromatic N) is 1. The molecule has 0 unspecified atom stereocenters. The molecular weight excluding hydrogens is 196 g/mol. The van der Waals surface area contributed by atoms with Gasteiger partial charge in [-0.15, -0.1) is 0 Å². The average molecular weight is 205 g/mol. The molecule has 0 spiro atoms. The van der Waals surface area contributed by atoms with Gasteiger partial charge in [0.15, 0.2) is 0 Å². The topological polar surface area (TPSA) is 12.9 Å². The maximum atomic E-state index is 13.3. The van der Waals surface area contributed by atoms with Gasteiger partial charge in [0.2, 0.25) is 0 Å². The predicted octanol–water partition coefficient (Wildman–Crippen LogP) is 2.95. The monoisotopic (exact) mass is 205 g/mol. The fourth-order valence-corrected chi connectivity index (χ4v) is 1.36. The first-order valence-electron chi connectivity index (χ1n) is 4.59. The van der Waals surface area contributed by atoms with Crippen molar-refractivity contribution in [3.8, 4) is 0 Å². The minimum Gasteiger partial charge on any atom is -0.261 e. The Balaban J connectivity index is 2.25. The van der Waals surface area contributed by atoms with Gasteiger partial charge in [0.1, 0.15) is 11.6 Å². The zero-order chi connectivity index (χ0) is 10.7. The highest BCUT2D eigenvalue weighted by Crippen LogP contribution is 2.13. The van der Waals surface area contributed by atoms with Crippen molar-refractivity contribution < 1.29 is 8.78 Å². The van der Waals surface area contributed by atoms with E-state index < -0.39 is 11.6 Å². The predicted molar refractivity (Wildman–Crippen MR) is 53.4 cm³/mol. The van der Waals surface area contributed by atoms with E-state index in [2.05, 4.69) is 4.98 Å². The van der Waals surface area contributed by atoms with E-state index in [1.807, 2.05) is 12.1 Å². The van der Waals surface area contributed by atoms with Crippen LogP contribution in [0.5, 0.6) is 0 Å². The van der Waals surface area contributed by atoms with E-state index in [0.29, 0.717) is 12.0 Å². The van der Waals surface area contributed by atoms with Crippen LogP contribution in [-0.4, -0.2) is 4.98 Å². The van der Waals surface area contributed by atoms with Gasteiger partial charge >= 0.3 is 0 Å². The highest BCUT2D eigenvalue weighted by molar-refractivity contribution is 5.23. The van der Waals surface area contributed by atoms with E-state index in [4.69, 9.17) is 0 Å². The van der Waals surface area contributed by atoms with Crippen molar-refractivity contribution in [3.05, 3.63) is 65.5 Å². The molecule has 1 heterocycles. The van der Waals surface area contributed by atoms with E-state index in [-0.39, 0.29) is 0 Å². The maximum absolute atomic E-state index is 13.3. The van der Waals surface area contributed by atoms with E-state index in [0.717, 1.165) is 11.8 Å². The summed E-state index contributed by atoms with van der Waals surface area (Å²) in [6.45, 7) is 0. The van der Waals surface area contributed by atoms with Crippen molar-refractivity contribution in [3.63, 3.8) is 0 Å². The molecule has 1 aromatic carbocycles. The molecule has 0 saturated carbocycles. The first-order chi connectivity index (χ1) is 7.25. The molecular formula is C12H9F2N. The van der Waals surface area contributed by atoms with Crippen molar-refractivity contribution in [1.82, 2.24) is 4.98 Å². The smallest absolute Gasteiger partial charge is 0.129 e. The Morgan fingerprint density at radius 2 is 1.93 bits per heavy atom. The molecule has 3 heteroatoms. The Labute approximate surface area is 86.4 Å². The summed E-state index contributed by atoms with van der Waals surface area (Å²) in [7, 11) is 0. The lowest BCUT2D eigenvalue weighted by Gasteiger charge is -2.02. The molecule has 1 nitrogen and oxygen atoms in total. The van der Waals surface area contributed by atoms with Gasteiger partial charge in [-0.25, -0.2) is 8.78 Å². The molecule has 0 atom stereocenters. The summed E-state index contributed by atoms with van der Waals surface area (Å²) < 4.78 is 25.9. The standard InChI is InChI=1S/C12H9F2N/c13-10-5-4-9(12(14)8-10)7-11-3-1-2-6-15-11/h1-6,8H,7H2. The van der Waals surface area contributed by atoms with Crippen LogP contribution in [0, 0.1) is 11.6 Å². The highest BCUT2D eigenvalue weighted by atomic mass is 19.1. The molecule has 0 fully saturated rings. The quantitative estimate of drug-likeness (QED) is 0.734. The van der Waals surface area contributed by atoms with Gasteiger partial charge in [-0.05, 0) is 23.8 Å². The normalized spacial score (nSPS) is 10.3. The molecule has 0 N–H and O–H groups in total. The minimum atomic E-state index is -0.558. The Morgan fingerprint density at radius 3 is 2.60 bits per heavy atom. The third-order valence-corrected chi connectivity index (χ3v) is 2.11. The molecule has 2 rings (SSSR count). The summed E-state index contributed by atoms with van der Waals surface area (Å²) in [6, 6.07) is 9.02. The lowest BCUT2D eigenvalue weighted by molar-refractivity contribution is 0.574. The molecule has 1 aromatic heterocycles. The van der Waals surface area contributed by atoms with Gasteiger partial charge in [0, 0.05) is 24.4 Å². The van der Waals surface area contributed by atoms with E-state index >= 15 is 0 Å². The summed E-state index contributed by atoms with van der Waals surface area (Å²) in [5, 5.41) is 0. The number of rotatable bonds is 2. The highest BCUT2D eigenvalue weighted by Gasteiger charge is 2.04. The van der Waals surface area contributed by atoms with Gasteiger partial charge in [-0.2, -0.15) is 0 Å². The molecule has 0 aliphatic heterocycles. The Morgan fingerprint density at radius 1 is 1.07 bits per heavy atom. The average Bonchev–Trinajstić information content (AvgIpc) is 2.24. The fraction of sp³-hybridized carbons (Fsp3) is 0.0833. The zero-order valence-electron chi connectivity index (χ0n) is 7.95. The van der Waals surface area contributed by atoms with E-state index in [1.165, 1.54) is 12.1 Å². The number of aromatic nitrogens is 1. The Kier molecular flexibility index (Phi) is 2.72. The lowest BCUT2D eigenvalue weighted by Crippen LogP contribution is -1.95. The second kappa shape index (κ2) is 4.17. The van der Waals surface area contributed by atoms with Gasteiger partial charge < -0.3 is 0 Å². The van der Waals surface area contributed by atoms with E-state index in [9.17, 15) is 8.78 Å². The van der Waals surface area contributed by atoms with Crippen LogP contribution in [0.15, 0.2) is 42.6 Å². The van der Waals surface area contributed by atoms with Crippen molar-refractivity contribution in [2.45, 2.75) is 6.42 Å². The maximum Gasteiger partial charge on any atom is 0.129 e. The van der Waals surface area contributed by atoms with Crippen molar-refractivity contribution >= 4 is 0 Å². The van der Waals surface area contributed by atoms with Crippen LogP contribution in [0.3, 0.4) is 0 Å². The number of hydrogen-bond donors (Lipinski definition) is 0. The number of hydrogen-bond acceptors (Lipinski definition) is 1. The van der Waals surface area contributed by atoms with Crippen LogP contribution in [0.25, 0.3) is 0 Å². The summed E-state index contributed by atoms with van der Waals surface area (Å²) in [4.78, 5) is 4.08. The van der Waals surface area contributed by atoms with Gasteiger partial charge in [0.05, 0.1) is 0 Å². The SMILES string of the molecule is Fc1ccc(Cc2ccccn2)c(F)c1. The van der Waals surface area contributed by atoms with Crippen molar-refractivity contribution in [2.24, 2.45) is 0 Å². The second-order valence-electron chi connectivity index (χ2n) is 3.23. The number of halogens is 2. The summed E-state index contributed by atoms with van der Waals surface area (Å²) in [6.07, 6.45) is 2.03. The second-order valence-corrected chi connectivity index (χ2v) is 3.23. The van der Waals surface area contributed by atoms with Crippen LogP contribution in [-0.2, 0) is 6.42 Å². The molecule has 0 aliphatic rings. The molecule has 0 bridgehead atoms. The van der Waals surface area contributed by atoms with Crippen LogP contribution >= 0.6 is 0 Å². The van der Waals surface area contributed by atoms with Crippen LogP contribution in [0.4, 0.5) is 8.78 Å². The lowest BCUT2D eigenvalue weighted by atomic mass is 10.1. The van der Waals surface area contributed by atoms with Gasteiger partial charge in [-0.3, -0.25) is 4.98 Å². The molecule has 0 radical (unpaired) electrons. The van der Waals surface area contributed by atoms with Crippen molar-refractivity contribution in [2.75, 3.05) is 0 Å². The van der Waals surface area contributed by atoms with Gasteiger partial charge in [0.25, 0.3) is 0 Å². The van der Waals surface area contributed by atoms with Crippen molar-refractivity contribution in [1.29, 1.82) is 0 Å². The largest absolute Gasteiger partial charge is 0.261 e. The minimum absolute atomic E-state index is 0.382. The fourth-order valence-electron chi connectivity index (χ4n) is 1.36. The summed E-state index contributed by atoms with van der Waals surface area (Å²) in [5.74, 6) is -1.09. The zero-order valence-corrected chi connectivity index (χ0v) is 7.95. The molecule has 0 saturated heterocycles. The van der Waals surface area contributed by atoms with Crippen LogP contribution in [0.1, 0.15) is 11.3 Å². The molecule has 76 valence electrons. The molecule has 0 amide bonds. The Hall–Kier alpha value is -1.77. The Bertz CT molecular complexity index is 454. The molecule has 2 aromatic rings. The van der Waals surface area contributed by atoms with E-state index in [1.54, 1.807) is 12.3 Å². The van der Waals surface area contributed by atoms with Crippen LogP contribution in [0.2, 0.25) is 0 Å². The first-order valence-corrected chi connectivity index (χ1v) is 4.59. The van der Waals surface area contributed by atoms with Gasteiger partial charge in [-0.1, -0.05) is 12.1 Å². The number of benzene rings is 1. The molecule has 15 heavy (non-hydrogen) atoms. The first kappa shape index (κ1) is 9.77. The van der Waals surface area contributed by atoms with Crippen LogP contribution < -0.4 is 0 Å². The molecule has 0 aliphatic carbocycles. The summed E-state index contributed by atoms with van der Waals surface area (Å²) >= 11 is 0. The third-order valence-electron chi connectivity index (χ3n) is 2.11. The summed E-state index contributed by atoms with van der Waals surface area (Å²) in [5.41, 5.74) is 1.22. The third kappa shape index (κ3) is 2.37.